The number of halogens is 2. The van der Waals surface area contributed by atoms with E-state index in [1.165, 1.54) is 5.20 Å². The van der Waals surface area contributed by atoms with Crippen molar-refractivity contribution < 1.29 is 19.2 Å². The van der Waals surface area contributed by atoms with E-state index in [9.17, 15) is 0 Å². The van der Waals surface area contributed by atoms with Crippen LogP contribution in [0.4, 0.5) is 0 Å². The van der Waals surface area contributed by atoms with Crippen LogP contribution in [0, 0.1) is 12.2 Å². The molecule has 0 nitrogen and oxygen atoms in total. The van der Waals surface area contributed by atoms with E-state index in [0.717, 1.165) is 12.8 Å². The van der Waals surface area contributed by atoms with Crippen molar-refractivity contribution in [1.82, 2.24) is 0 Å². The molecule has 0 aromatic rings. The summed E-state index contributed by atoms with van der Waals surface area (Å²) in [6, 6.07) is 0. The van der Waals surface area contributed by atoms with Crippen LogP contribution in [0.3, 0.4) is 0 Å². The Morgan fingerprint density at radius 3 is 1.80 bits per heavy atom. The van der Waals surface area contributed by atoms with Gasteiger partial charge < -0.3 is 0 Å². The molecule has 2 rings (SSSR count). The van der Waals surface area contributed by atoms with Crippen molar-refractivity contribution in [2.75, 3.05) is 0 Å². The first-order valence-electron chi connectivity index (χ1n) is 6.35. The van der Waals surface area contributed by atoms with Gasteiger partial charge >= 0.3 is 38.5 Å². The SMILES string of the molecule is C[Si](C)(C)C1=[C-]CC=C1.C[Si](C)=[Ti+2].Cl.Cl.[C-]1=CC=CC1. The number of hydrogen-bond donors (Lipinski definition) is 0. The van der Waals surface area contributed by atoms with Gasteiger partial charge in [0.25, 0.3) is 0 Å². The minimum Gasteiger partial charge on any atom is -0.273 e. The van der Waals surface area contributed by atoms with E-state index in [1.54, 1.807) is 0 Å². The second-order valence-electron chi connectivity index (χ2n) is 5.45. The molecule has 0 spiro atoms. The Labute approximate surface area is 150 Å². The molecule has 0 heterocycles. The molecule has 5 heteroatoms. The molecule has 0 amide bonds. The summed E-state index contributed by atoms with van der Waals surface area (Å²) in [5.41, 5.74) is 0. The summed E-state index contributed by atoms with van der Waals surface area (Å²) in [4.78, 5) is 0. The minimum atomic E-state index is -1.01. The molecule has 2 aliphatic carbocycles. The van der Waals surface area contributed by atoms with Crippen molar-refractivity contribution in [2.24, 2.45) is 0 Å². The molecule has 0 aliphatic heterocycles. The molecule has 0 saturated heterocycles. The van der Waals surface area contributed by atoms with Crippen molar-refractivity contribution in [1.29, 1.82) is 0 Å². The maximum atomic E-state index is 3.36. The summed E-state index contributed by atoms with van der Waals surface area (Å²) in [6.45, 7) is 11.6. The maximum Gasteiger partial charge on any atom is -0.109 e. The fourth-order valence-corrected chi connectivity index (χ4v) is 2.51. The van der Waals surface area contributed by atoms with E-state index in [2.05, 4.69) is 82.3 Å². The first-order chi connectivity index (χ1) is 8.34. The Hall–Kier alpha value is 0.688. The van der Waals surface area contributed by atoms with E-state index in [0.29, 0.717) is 0 Å². The van der Waals surface area contributed by atoms with Crippen molar-refractivity contribution in [3.63, 3.8) is 0 Å². The molecule has 0 aromatic heterocycles. The van der Waals surface area contributed by atoms with Crippen LogP contribution in [0.25, 0.3) is 0 Å². The number of rotatable bonds is 1. The molecular weight excluding hydrogens is 355 g/mol. The third-order valence-corrected chi connectivity index (χ3v) is 4.05. The van der Waals surface area contributed by atoms with Crippen molar-refractivity contribution in [3.05, 3.63) is 47.7 Å². The molecule has 0 bridgehead atoms. The third-order valence-electron chi connectivity index (χ3n) is 2.09. The Morgan fingerprint density at radius 2 is 1.65 bits per heavy atom. The van der Waals surface area contributed by atoms with E-state index < -0.39 is 8.07 Å². The summed E-state index contributed by atoms with van der Waals surface area (Å²) in [5.74, 6) is 0. The minimum absolute atomic E-state index is 0. The Bertz CT molecular complexity index is 364. The smallest absolute Gasteiger partial charge is 0.109 e. The monoisotopic (exact) mass is 380 g/mol. The largest absolute Gasteiger partial charge is 0.273 e. The molecule has 0 unspecified atom stereocenters. The van der Waals surface area contributed by atoms with Gasteiger partial charge in [-0.25, -0.2) is 23.4 Å². The van der Waals surface area contributed by atoms with Gasteiger partial charge in [0, 0.05) is 8.07 Å². The molecule has 0 aromatic carbocycles. The standard InChI is InChI=1S/C8H13Si.C5H5.C2H6Si.2ClH.Ti/c1-9(2,3)8-6-4-5-7-8;1-2-4-5-3-1;1-3-2;;;/h4,6H,5H2,1-3H3;1-3H,4H2;1-2H3;2*1H;/q2*-1;;;;+2. The quantitative estimate of drug-likeness (QED) is 0.416. The third kappa shape index (κ3) is 16.7. The fraction of sp³-hybridized carbons (Fsp3) is 0.467. The Kier molecular flexibility index (Phi) is 18.7. The van der Waals surface area contributed by atoms with E-state index in [1.807, 2.05) is 12.2 Å². The van der Waals surface area contributed by atoms with Crippen LogP contribution in [-0.2, 0) is 19.2 Å². The van der Waals surface area contributed by atoms with Crippen LogP contribution >= 0.6 is 24.8 Å². The first-order valence-corrected chi connectivity index (χ1v) is 14.7. The van der Waals surface area contributed by atoms with Gasteiger partial charge in [0.15, 0.2) is 0 Å². The predicted octanol–water partition coefficient (Wildman–Crippen LogP) is 5.49. The summed E-state index contributed by atoms with van der Waals surface area (Å²) >= 11 is 2.27. The zero-order valence-electron chi connectivity index (χ0n) is 13.1. The van der Waals surface area contributed by atoms with Gasteiger partial charge in [-0.1, -0.05) is 19.6 Å². The van der Waals surface area contributed by atoms with Gasteiger partial charge in [-0.2, -0.15) is 12.2 Å². The van der Waals surface area contributed by atoms with Gasteiger partial charge in [-0.15, -0.1) is 37.7 Å². The number of hydrogen-bond acceptors (Lipinski definition) is 0. The molecule has 0 fully saturated rings. The van der Waals surface area contributed by atoms with Gasteiger partial charge in [-0.3, -0.25) is 12.2 Å². The van der Waals surface area contributed by atoms with E-state index in [4.69, 9.17) is 0 Å². The molecule has 2 aliphatic rings. The van der Waals surface area contributed by atoms with Crippen LogP contribution in [0.15, 0.2) is 35.6 Å². The topological polar surface area (TPSA) is 0 Å². The molecule has 112 valence electrons. The fourth-order valence-electron chi connectivity index (χ4n) is 1.26. The molecular formula is C15H26Cl2Si2Ti. The van der Waals surface area contributed by atoms with Crippen LogP contribution < -0.4 is 0 Å². The first kappa shape index (κ1) is 25.6. The average Bonchev–Trinajstić information content (AvgIpc) is 2.93. The van der Waals surface area contributed by atoms with Gasteiger partial charge in [0.2, 0.25) is 0 Å². The summed E-state index contributed by atoms with van der Waals surface area (Å²) in [6.07, 6.45) is 18.9. The molecule has 0 saturated carbocycles. The summed E-state index contributed by atoms with van der Waals surface area (Å²) in [7, 11) is -1.01. The Balaban J connectivity index is -0.000000228. The Morgan fingerprint density at radius 1 is 1.10 bits per heavy atom. The molecule has 0 N–H and O–H groups in total. The second kappa shape index (κ2) is 14.6. The zero-order chi connectivity index (χ0) is 14.0. The van der Waals surface area contributed by atoms with Gasteiger partial charge in [-0.05, 0) is 0 Å². The predicted molar refractivity (Wildman–Crippen MR) is 97.4 cm³/mol. The average molecular weight is 381 g/mol. The number of allylic oxidation sites excluding steroid dienone is 8. The normalized spacial score (nSPS) is 14.1. The van der Waals surface area contributed by atoms with E-state index in [-0.39, 0.29) is 31.0 Å². The van der Waals surface area contributed by atoms with E-state index >= 15 is 0 Å². The summed E-state index contributed by atoms with van der Waals surface area (Å²) in [5, 5.41) is 1.49. The summed E-state index contributed by atoms with van der Waals surface area (Å²) < 4.78 is 0. The van der Waals surface area contributed by atoms with Crippen molar-refractivity contribution >= 4 is 39.1 Å². The maximum absolute atomic E-state index is 3.36. The van der Waals surface area contributed by atoms with Crippen LogP contribution in [-0.4, -0.2) is 14.3 Å². The zero-order valence-corrected chi connectivity index (χ0v) is 18.3. The van der Waals surface area contributed by atoms with Crippen LogP contribution in [0.2, 0.25) is 32.7 Å². The van der Waals surface area contributed by atoms with Gasteiger partial charge in [0.1, 0.15) is 0 Å². The van der Waals surface area contributed by atoms with Crippen LogP contribution in [0.5, 0.6) is 0 Å². The van der Waals surface area contributed by atoms with Gasteiger partial charge in [0.05, 0.1) is 0 Å². The van der Waals surface area contributed by atoms with Crippen molar-refractivity contribution in [3.8, 4) is 0 Å². The molecule has 0 atom stereocenters. The molecule has 0 radical (unpaired) electrons. The molecule has 20 heavy (non-hydrogen) atoms. The van der Waals surface area contributed by atoms with Crippen LogP contribution in [0.1, 0.15) is 12.8 Å². The second-order valence-corrected chi connectivity index (χ2v) is 17.2. The van der Waals surface area contributed by atoms with Crippen molar-refractivity contribution in [2.45, 2.75) is 45.6 Å².